The van der Waals surface area contributed by atoms with E-state index in [1.165, 1.54) is 11.1 Å². The van der Waals surface area contributed by atoms with Gasteiger partial charge in [-0.15, -0.1) is 0 Å². The molecule has 3 aromatic carbocycles. The Labute approximate surface area is 198 Å². The Morgan fingerprint density at radius 3 is 2.47 bits per heavy atom. The summed E-state index contributed by atoms with van der Waals surface area (Å²) in [4.78, 5) is 37.3. The van der Waals surface area contributed by atoms with Gasteiger partial charge in [-0.25, -0.2) is 4.98 Å². The molecule has 1 aliphatic rings. The third kappa shape index (κ3) is 4.31. The van der Waals surface area contributed by atoms with E-state index in [0.29, 0.717) is 22.3 Å². The molecule has 0 bridgehead atoms. The molecular weight excluding hydrogens is 424 g/mol. The zero-order valence-corrected chi connectivity index (χ0v) is 19.5. The molecule has 6 heteroatoms. The molecule has 172 valence electrons. The summed E-state index contributed by atoms with van der Waals surface area (Å²) < 4.78 is 0. The highest BCUT2D eigenvalue weighted by molar-refractivity contribution is 5.94. The third-order valence-corrected chi connectivity index (χ3v) is 6.48. The zero-order valence-electron chi connectivity index (χ0n) is 19.5. The fraction of sp³-hybridized carbons (Fsp3) is 0.250. The molecule has 0 saturated heterocycles. The molecule has 1 aromatic heterocycles. The molecule has 34 heavy (non-hydrogen) atoms. The first-order chi connectivity index (χ1) is 16.5. The molecule has 0 spiro atoms. The Morgan fingerprint density at radius 2 is 1.71 bits per heavy atom. The van der Waals surface area contributed by atoms with Crippen molar-refractivity contribution in [1.82, 2.24) is 14.9 Å². The van der Waals surface area contributed by atoms with E-state index in [2.05, 4.69) is 39.1 Å². The minimum atomic E-state index is -0.191. The van der Waals surface area contributed by atoms with Crippen LogP contribution in [0.1, 0.15) is 41.2 Å². The summed E-state index contributed by atoms with van der Waals surface area (Å²) in [5.74, 6) is 0.399. The minimum Gasteiger partial charge on any atom is -0.367 e. The first-order valence-corrected chi connectivity index (χ1v) is 11.7. The fourth-order valence-corrected chi connectivity index (χ4v) is 4.56. The summed E-state index contributed by atoms with van der Waals surface area (Å²) in [7, 11) is 0. The minimum absolute atomic E-state index is 0.0532. The molecule has 0 fully saturated rings. The number of aromatic nitrogens is 2. The smallest absolute Gasteiger partial charge is 0.258 e. The molecule has 4 aromatic rings. The van der Waals surface area contributed by atoms with Crippen LogP contribution >= 0.6 is 0 Å². The molecule has 1 aliphatic heterocycles. The van der Waals surface area contributed by atoms with Crippen LogP contribution in [-0.2, 0) is 19.5 Å². The summed E-state index contributed by atoms with van der Waals surface area (Å²) in [5.41, 5.74) is 4.95. The molecule has 0 radical (unpaired) electrons. The van der Waals surface area contributed by atoms with Gasteiger partial charge in [0.2, 0.25) is 0 Å². The Kier molecular flexibility index (Phi) is 5.88. The lowest BCUT2D eigenvalue weighted by molar-refractivity contribution is 0.0685. The lowest BCUT2D eigenvalue weighted by Gasteiger charge is -2.31. The molecule has 0 aliphatic carbocycles. The Morgan fingerprint density at radius 1 is 1.00 bits per heavy atom. The molecule has 1 N–H and O–H groups in total. The molecular formula is C28H28N4O2. The summed E-state index contributed by atoms with van der Waals surface area (Å²) in [6.07, 6.45) is 1.02. The van der Waals surface area contributed by atoms with Gasteiger partial charge in [-0.2, -0.15) is 0 Å². The number of anilines is 1. The number of hydrogen-bond donors (Lipinski definition) is 1. The van der Waals surface area contributed by atoms with Crippen molar-refractivity contribution in [3.05, 3.63) is 106 Å². The monoisotopic (exact) mass is 452 g/mol. The van der Waals surface area contributed by atoms with E-state index in [4.69, 9.17) is 0 Å². The molecule has 1 amide bonds. The lowest BCUT2D eigenvalue weighted by Crippen LogP contribution is -2.37. The third-order valence-electron chi connectivity index (χ3n) is 6.48. The van der Waals surface area contributed by atoms with Gasteiger partial charge in [0, 0.05) is 30.4 Å². The van der Waals surface area contributed by atoms with Crippen LogP contribution in [0.5, 0.6) is 0 Å². The summed E-state index contributed by atoms with van der Waals surface area (Å²) in [5, 5.41) is 0.546. The van der Waals surface area contributed by atoms with Gasteiger partial charge in [-0.05, 0) is 67.8 Å². The quantitative estimate of drug-likeness (QED) is 0.483. The van der Waals surface area contributed by atoms with E-state index >= 15 is 0 Å². The van der Waals surface area contributed by atoms with Gasteiger partial charge >= 0.3 is 0 Å². The van der Waals surface area contributed by atoms with Gasteiger partial charge < -0.3 is 14.8 Å². The van der Waals surface area contributed by atoms with Crippen molar-refractivity contribution < 1.29 is 4.79 Å². The Hall–Kier alpha value is -3.93. The average molecular weight is 453 g/mol. The SMILES string of the molecule is CC(C)N(Cc1nc2ccccc2c(=O)[nH]1)C(=O)c1ccc(N2CCc3ccccc3C2)cc1. The van der Waals surface area contributed by atoms with Gasteiger partial charge in [0.05, 0.1) is 17.4 Å². The molecule has 0 unspecified atom stereocenters. The van der Waals surface area contributed by atoms with E-state index in [1.54, 1.807) is 11.0 Å². The van der Waals surface area contributed by atoms with E-state index < -0.39 is 0 Å². The number of benzene rings is 3. The molecule has 0 saturated carbocycles. The van der Waals surface area contributed by atoms with E-state index in [0.717, 1.165) is 25.2 Å². The van der Waals surface area contributed by atoms with E-state index in [1.807, 2.05) is 56.3 Å². The maximum absolute atomic E-state index is 13.4. The largest absolute Gasteiger partial charge is 0.367 e. The number of aromatic amines is 1. The average Bonchev–Trinajstić information content (AvgIpc) is 2.86. The van der Waals surface area contributed by atoms with Crippen molar-refractivity contribution in [3.8, 4) is 0 Å². The first kappa shape index (κ1) is 21.9. The second kappa shape index (κ2) is 9.14. The number of carbonyl (C=O) groups excluding carboxylic acids is 1. The Bertz CT molecular complexity index is 1390. The van der Waals surface area contributed by atoms with Crippen molar-refractivity contribution in [2.24, 2.45) is 0 Å². The summed E-state index contributed by atoms with van der Waals surface area (Å²) in [6.45, 7) is 6.01. The fourth-order valence-electron chi connectivity index (χ4n) is 4.56. The van der Waals surface area contributed by atoms with Gasteiger partial charge in [-0.1, -0.05) is 36.4 Å². The topological polar surface area (TPSA) is 69.3 Å². The molecule has 2 heterocycles. The maximum atomic E-state index is 13.4. The molecule has 0 atom stereocenters. The van der Waals surface area contributed by atoms with Crippen LogP contribution in [0.2, 0.25) is 0 Å². The zero-order chi connectivity index (χ0) is 23.7. The standard InChI is InChI=1S/C28H28N4O2/c1-19(2)32(18-26-29-25-10-6-5-9-24(25)27(33)30-26)28(34)21-11-13-23(14-12-21)31-16-15-20-7-3-4-8-22(20)17-31/h3-14,19H,15-18H2,1-2H3,(H,29,30,33). The number of carbonyl (C=O) groups is 1. The van der Waals surface area contributed by atoms with Crippen LogP contribution in [-0.4, -0.2) is 33.4 Å². The number of hydrogen-bond acceptors (Lipinski definition) is 4. The Balaban J connectivity index is 1.35. The number of nitrogens with one attached hydrogen (secondary N) is 1. The van der Waals surface area contributed by atoms with Crippen LogP contribution in [0.3, 0.4) is 0 Å². The first-order valence-electron chi connectivity index (χ1n) is 11.7. The predicted molar refractivity (Wildman–Crippen MR) is 135 cm³/mol. The molecule has 5 rings (SSSR count). The highest BCUT2D eigenvalue weighted by Crippen LogP contribution is 2.25. The van der Waals surface area contributed by atoms with Crippen LogP contribution < -0.4 is 10.5 Å². The van der Waals surface area contributed by atoms with Crippen molar-refractivity contribution in [3.63, 3.8) is 0 Å². The number of amides is 1. The van der Waals surface area contributed by atoms with Gasteiger partial charge in [0.1, 0.15) is 5.82 Å². The van der Waals surface area contributed by atoms with Crippen LogP contribution in [0.15, 0.2) is 77.6 Å². The maximum Gasteiger partial charge on any atom is 0.258 e. The second-order valence-corrected chi connectivity index (χ2v) is 9.04. The van der Waals surface area contributed by atoms with Gasteiger partial charge in [-0.3, -0.25) is 9.59 Å². The predicted octanol–water partition coefficient (Wildman–Crippen LogP) is 4.54. The van der Waals surface area contributed by atoms with E-state index in [-0.39, 0.29) is 24.1 Å². The summed E-state index contributed by atoms with van der Waals surface area (Å²) in [6, 6.07) is 23.6. The van der Waals surface area contributed by atoms with Crippen LogP contribution in [0.4, 0.5) is 5.69 Å². The normalized spacial score (nSPS) is 13.2. The number of para-hydroxylation sites is 1. The van der Waals surface area contributed by atoms with E-state index in [9.17, 15) is 9.59 Å². The van der Waals surface area contributed by atoms with Gasteiger partial charge in [0.15, 0.2) is 0 Å². The summed E-state index contributed by atoms with van der Waals surface area (Å²) >= 11 is 0. The number of rotatable bonds is 5. The van der Waals surface area contributed by atoms with Crippen molar-refractivity contribution >= 4 is 22.5 Å². The van der Waals surface area contributed by atoms with Crippen molar-refractivity contribution in [2.75, 3.05) is 11.4 Å². The highest BCUT2D eigenvalue weighted by Gasteiger charge is 2.22. The number of H-pyrrole nitrogens is 1. The van der Waals surface area contributed by atoms with Gasteiger partial charge in [0.25, 0.3) is 11.5 Å². The lowest BCUT2D eigenvalue weighted by atomic mass is 9.99. The highest BCUT2D eigenvalue weighted by atomic mass is 16.2. The number of nitrogens with zero attached hydrogens (tertiary/aromatic N) is 3. The molecule has 6 nitrogen and oxygen atoms in total. The second-order valence-electron chi connectivity index (χ2n) is 9.04. The van der Waals surface area contributed by atoms with Crippen LogP contribution in [0, 0.1) is 0 Å². The van der Waals surface area contributed by atoms with Crippen LogP contribution in [0.25, 0.3) is 10.9 Å². The number of fused-ring (bicyclic) bond motifs is 2. The van der Waals surface area contributed by atoms with Crippen molar-refractivity contribution in [1.29, 1.82) is 0 Å². The van der Waals surface area contributed by atoms with Crippen molar-refractivity contribution in [2.45, 2.75) is 39.4 Å².